The molecular formula is C13H13F. The number of rotatable bonds is 1. The second kappa shape index (κ2) is 3.41. The zero-order valence-electron chi connectivity index (χ0n) is 8.47. The van der Waals surface area contributed by atoms with E-state index in [-0.39, 0.29) is 5.82 Å². The molecule has 0 atom stereocenters. The molecule has 0 aliphatic carbocycles. The van der Waals surface area contributed by atoms with Gasteiger partial charge in [-0.05, 0) is 35.9 Å². The number of hydrogen-bond donors (Lipinski definition) is 0. The first-order valence-electron chi connectivity index (χ1n) is 4.90. The fraction of sp³-hybridized carbons (Fsp3) is 0.231. The van der Waals surface area contributed by atoms with Crippen LogP contribution in [0.4, 0.5) is 4.39 Å². The number of benzene rings is 2. The molecule has 0 bridgehead atoms. The lowest BCUT2D eigenvalue weighted by atomic mass is 9.98. The lowest BCUT2D eigenvalue weighted by molar-refractivity contribution is 0.640. The summed E-state index contributed by atoms with van der Waals surface area (Å²) < 4.78 is 13.4. The topological polar surface area (TPSA) is 0 Å². The van der Waals surface area contributed by atoms with E-state index in [0.717, 1.165) is 17.2 Å². The van der Waals surface area contributed by atoms with Gasteiger partial charge in [0, 0.05) is 5.39 Å². The van der Waals surface area contributed by atoms with Crippen molar-refractivity contribution in [2.75, 3.05) is 0 Å². The van der Waals surface area contributed by atoms with Crippen LogP contribution in [0.3, 0.4) is 0 Å². The number of hydrogen-bond acceptors (Lipinski definition) is 0. The predicted molar refractivity (Wildman–Crippen MR) is 58.0 cm³/mol. The van der Waals surface area contributed by atoms with Crippen LogP contribution < -0.4 is 0 Å². The highest BCUT2D eigenvalue weighted by atomic mass is 19.1. The van der Waals surface area contributed by atoms with Crippen LogP contribution in [0.2, 0.25) is 0 Å². The van der Waals surface area contributed by atoms with Gasteiger partial charge in [0.1, 0.15) is 5.82 Å². The fourth-order valence-corrected chi connectivity index (χ4v) is 1.96. The molecule has 14 heavy (non-hydrogen) atoms. The Kier molecular flexibility index (Phi) is 2.24. The average molecular weight is 188 g/mol. The Morgan fingerprint density at radius 2 is 1.86 bits per heavy atom. The van der Waals surface area contributed by atoms with Crippen LogP contribution in [0.15, 0.2) is 30.3 Å². The van der Waals surface area contributed by atoms with Crippen LogP contribution in [0, 0.1) is 12.7 Å². The zero-order chi connectivity index (χ0) is 10.1. The summed E-state index contributed by atoms with van der Waals surface area (Å²) in [5.41, 5.74) is 2.49. The van der Waals surface area contributed by atoms with Gasteiger partial charge in [0.05, 0.1) is 0 Å². The lowest BCUT2D eigenvalue weighted by Gasteiger charge is -2.08. The quantitative estimate of drug-likeness (QED) is 0.637. The SMILES string of the molecule is CCc1c(C)ccc2c(F)cccc12. The van der Waals surface area contributed by atoms with Crippen molar-refractivity contribution in [3.05, 3.63) is 47.3 Å². The van der Waals surface area contributed by atoms with Gasteiger partial charge in [0.15, 0.2) is 0 Å². The summed E-state index contributed by atoms with van der Waals surface area (Å²) in [5.74, 6) is -0.128. The smallest absolute Gasteiger partial charge is 0.131 e. The zero-order valence-corrected chi connectivity index (χ0v) is 8.47. The third-order valence-corrected chi connectivity index (χ3v) is 2.71. The summed E-state index contributed by atoms with van der Waals surface area (Å²) in [7, 11) is 0. The molecule has 0 radical (unpaired) electrons. The van der Waals surface area contributed by atoms with Gasteiger partial charge in [0.25, 0.3) is 0 Å². The van der Waals surface area contributed by atoms with Crippen molar-refractivity contribution in [2.24, 2.45) is 0 Å². The highest BCUT2D eigenvalue weighted by Gasteiger charge is 2.05. The largest absolute Gasteiger partial charge is 0.206 e. The molecule has 0 saturated carbocycles. The highest BCUT2D eigenvalue weighted by molar-refractivity contribution is 5.87. The molecule has 0 aromatic heterocycles. The minimum atomic E-state index is -0.128. The predicted octanol–water partition coefficient (Wildman–Crippen LogP) is 3.85. The van der Waals surface area contributed by atoms with E-state index >= 15 is 0 Å². The van der Waals surface area contributed by atoms with Crippen molar-refractivity contribution < 1.29 is 4.39 Å². The second-order valence-corrected chi connectivity index (χ2v) is 3.55. The molecule has 2 aromatic rings. The second-order valence-electron chi connectivity index (χ2n) is 3.55. The molecule has 72 valence electrons. The van der Waals surface area contributed by atoms with Crippen molar-refractivity contribution in [3.8, 4) is 0 Å². The first-order valence-corrected chi connectivity index (χ1v) is 4.90. The molecule has 0 nitrogen and oxygen atoms in total. The normalized spacial score (nSPS) is 10.8. The van der Waals surface area contributed by atoms with Gasteiger partial charge < -0.3 is 0 Å². The standard InChI is InChI=1S/C13H13F/c1-3-10-9(2)7-8-12-11(10)5-4-6-13(12)14/h4-8H,3H2,1-2H3. The van der Waals surface area contributed by atoms with E-state index in [1.807, 2.05) is 18.2 Å². The molecule has 0 amide bonds. The van der Waals surface area contributed by atoms with Gasteiger partial charge in [-0.15, -0.1) is 0 Å². The molecule has 0 aliphatic rings. The van der Waals surface area contributed by atoms with Gasteiger partial charge >= 0.3 is 0 Å². The van der Waals surface area contributed by atoms with Gasteiger partial charge in [-0.1, -0.05) is 31.2 Å². The van der Waals surface area contributed by atoms with Gasteiger partial charge in [-0.3, -0.25) is 0 Å². The summed E-state index contributed by atoms with van der Waals surface area (Å²) in [5, 5.41) is 1.78. The Hall–Kier alpha value is -1.37. The van der Waals surface area contributed by atoms with E-state index in [1.165, 1.54) is 17.2 Å². The number of fused-ring (bicyclic) bond motifs is 1. The van der Waals surface area contributed by atoms with Crippen molar-refractivity contribution in [1.29, 1.82) is 0 Å². The van der Waals surface area contributed by atoms with Crippen LogP contribution in [0.1, 0.15) is 18.1 Å². The summed E-state index contributed by atoms with van der Waals surface area (Å²) in [6, 6.07) is 9.13. The van der Waals surface area contributed by atoms with Gasteiger partial charge in [-0.2, -0.15) is 0 Å². The van der Waals surface area contributed by atoms with Crippen LogP contribution in [-0.4, -0.2) is 0 Å². The number of aryl methyl sites for hydroxylation is 2. The van der Waals surface area contributed by atoms with Crippen LogP contribution in [-0.2, 0) is 6.42 Å². The van der Waals surface area contributed by atoms with E-state index in [2.05, 4.69) is 13.8 Å². The van der Waals surface area contributed by atoms with Gasteiger partial charge in [-0.25, -0.2) is 4.39 Å². The van der Waals surface area contributed by atoms with E-state index < -0.39 is 0 Å². The molecule has 0 heterocycles. The third kappa shape index (κ3) is 1.29. The Labute approximate surface area is 83.4 Å². The maximum atomic E-state index is 13.4. The Bertz CT molecular complexity index is 472. The van der Waals surface area contributed by atoms with Gasteiger partial charge in [0.2, 0.25) is 0 Å². The van der Waals surface area contributed by atoms with E-state index in [0.29, 0.717) is 0 Å². The Morgan fingerprint density at radius 1 is 1.07 bits per heavy atom. The molecule has 0 aliphatic heterocycles. The molecule has 0 N–H and O–H groups in total. The minimum Gasteiger partial charge on any atom is -0.206 e. The monoisotopic (exact) mass is 188 g/mol. The summed E-state index contributed by atoms with van der Waals surface area (Å²) in [4.78, 5) is 0. The third-order valence-electron chi connectivity index (χ3n) is 2.71. The number of halogens is 1. The molecular weight excluding hydrogens is 175 g/mol. The molecule has 0 unspecified atom stereocenters. The van der Waals surface area contributed by atoms with Crippen molar-refractivity contribution in [3.63, 3.8) is 0 Å². The highest BCUT2D eigenvalue weighted by Crippen LogP contribution is 2.24. The lowest BCUT2D eigenvalue weighted by Crippen LogP contribution is -1.90. The molecule has 0 fully saturated rings. The summed E-state index contributed by atoms with van der Waals surface area (Å²) in [6.07, 6.45) is 0.951. The maximum Gasteiger partial charge on any atom is 0.131 e. The molecule has 0 spiro atoms. The molecule has 0 saturated heterocycles. The van der Waals surface area contributed by atoms with Crippen molar-refractivity contribution in [2.45, 2.75) is 20.3 Å². The first kappa shape index (κ1) is 9.20. The Morgan fingerprint density at radius 3 is 2.57 bits per heavy atom. The first-order chi connectivity index (χ1) is 6.74. The molecule has 2 rings (SSSR count). The van der Waals surface area contributed by atoms with Crippen LogP contribution in [0.5, 0.6) is 0 Å². The fourth-order valence-electron chi connectivity index (χ4n) is 1.96. The van der Waals surface area contributed by atoms with Crippen LogP contribution in [0.25, 0.3) is 10.8 Å². The Balaban J connectivity index is 2.88. The van der Waals surface area contributed by atoms with E-state index in [4.69, 9.17) is 0 Å². The average Bonchev–Trinajstić information content (AvgIpc) is 2.18. The van der Waals surface area contributed by atoms with Crippen molar-refractivity contribution in [1.82, 2.24) is 0 Å². The minimum absolute atomic E-state index is 0.128. The maximum absolute atomic E-state index is 13.4. The van der Waals surface area contributed by atoms with Crippen molar-refractivity contribution >= 4 is 10.8 Å². The summed E-state index contributed by atoms with van der Waals surface area (Å²) >= 11 is 0. The molecule has 2 aromatic carbocycles. The summed E-state index contributed by atoms with van der Waals surface area (Å²) in [6.45, 7) is 4.18. The van der Waals surface area contributed by atoms with Crippen LogP contribution >= 0.6 is 0 Å². The van der Waals surface area contributed by atoms with E-state index in [9.17, 15) is 4.39 Å². The molecule has 1 heteroatoms. The van der Waals surface area contributed by atoms with E-state index in [1.54, 1.807) is 6.07 Å².